The molecule has 2 atom stereocenters. The van der Waals surface area contributed by atoms with Gasteiger partial charge in [0, 0.05) is 19.1 Å². The van der Waals surface area contributed by atoms with E-state index in [0.29, 0.717) is 12.6 Å². The zero-order chi connectivity index (χ0) is 11.1. The van der Waals surface area contributed by atoms with E-state index in [1.807, 2.05) is 0 Å². The molecule has 1 fully saturated rings. The molecule has 3 heteroatoms. The molecule has 1 heterocycles. The van der Waals surface area contributed by atoms with Gasteiger partial charge >= 0.3 is 0 Å². The maximum Gasteiger partial charge on any atom is 0.0710 e. The first-order valence-electron chi connectivity index (χ1n) is 5.86. The number of rotatable bonds is 6. The molecule has 0 radical (unpaired) electrons. The van der Waals surface area contributed by atoms with Crippen LogP contribution in [0, 0.1) is 12.3 Å². The lowest BCUT2D eigenvalue weighted by molar-refractivity contribution is 0.161. The van der Waals surface area contributed by atoms with E-state index in [9.17, 15) is 0 Å². The van der Waals surface area contributed by atoms with Crippen LogP contribution in [0.4, 0.5) is 0 Å². The topological polar surface area (TPSA) is 35.5 Å². The second kappa shape index (κ2) is 6.84. The van der Waals surface area contributed by atoms with Crippen molar-refractivity contribution < 1.29 is 5.11 Å². The van der Waals surface area contributed by atoms with Crippen LogP contribution < -0.4 is 5.32 Å². The first-order chi connectivity index (χ1) is 7.31. The van der Waals surface area contributed by atoms with Crippen molar-refractivity contribution in [3.63, 3.8) is 0 Å². The Morgan fingerprint density at radius 3 is 2.93 bits per heavy atom. The van der Waals surface area contributed by atoms with Crippen LogP contribution in [-0.4, -0.2) is 48.3 Å². The van der Waals surface area contributed by atoms with Crippen molar-refractivity contribution in [2.75, 3.05) is 26.2 Å². The Morgan fingerprint density at radius 1 is 1.67 bits per heavy atom. The van der Waals surface area contributed by atoms with Gasteiger partial charge in [-0.3, -0.25) is 4.90 Å². The van der Waals surface area contributed by atoms with E-state index in [1.54, 1.807) is 0 Å². The molecular formula is C12H22N2O. The minimum atomic E-state index is 0.166. The molecule has 1 rings (SSSR count). The van der Waals surface area contributed by atoms with Crippen molar-refractivity contribution in [2.45, 2.75) is 38.3 Å². The molecule has 0 aliphatic carbocycles. The third-order valence-electron chi connectivity index (χ3n) is 3.02. The quantitative estimate of drug-likeness (QED) is 0.625. The summed E-state index contributed by atoms with van der Waals surface area (Å²) < 4.78 is 0. The van der Waals surface area contributed by atoms with Crippen molar-refractivity contribution >= 4 is 0 Å². The second-order valence-electron chi connectivity index (χ2n) is 4.10. The SMILES string of the molecule is C#CC(CC)N(CCO)CC1CCCN1. The molecule has 86 valence electrons. The monoisotopic (exact) mass is 210 g/mol. The summed E-state index contributed by atoms with van der Waals surface area (Å²) in [5.74, 6) is 2.80. The van der Waals surface area contributed by atoms with Gasteiger partial charge in [-0.2, -0.15) is 0 Å². The van der Waals surface area contributed by atoms with E-state index in [2.05, 4.69) is 23.1 Å². The molecule has 1 aliphatic rings. The van der Waals surface area contributed by atoms with Gasteiger partial charge in [-0.15, -0.1) is 6.42 Å². The summed E-state index contributed by atoms with van der Waals surface area (Å²) in [4.78, 5) is 2.21. The van der Waals surface area contributed by atoms with Gasteiger partial charge in [-0.05, 0) is 25.8 Å². The highest BCUT2D eigenvalue weighted by Gasteiger charge is 2.21. The average Bonchev–Trinajstić information content (AvgIpc) is 2.72. The van der Waals surface area contributed by atoms with Crippen molar-refractivity contribution in [3.8, 4) is 12.3 Å². The van der Waals surface area contributed by atoms with Gasteiger partial charge in [-0.1, -0.05) is 12.8 Å². The van der Waals surface area contributed by atoms with E-state index >= 15 is 0 Å². The van der Waals surface area contributed by atoms with Gasteiger partial charge in [0.25, 0.3) is 0 Å². The molecule has 15 heavy (non-hydrogen) atoms. The third-order valence-corrected chi connectivity index (χ3v) is 3.02. The molecule has 1 aliphatic heterocycles. The fourth-order valence-electron chi connectivity index (χ4n) is 2.18. The van der Waals surface area contributed by atoms with Gasteiger partial charge in [-0.25, -0.2) is 0 Å². The minimum absolute atomic E-state index is 0.166. The molecule has 0 aromatic carbocycles. The fourth-order valence-corrected chi connectivity index (χ4v) is 2.18. The van der Waals surface area contributed by atoms with Crippen LogP contribution in [-0.2, 0) is 0 Å². The van der Waals surface area contributed by atoms with Crippen LogP contribution in [0.3, 0.4) is 0 Å². The Hall–Kier alpha value is -0.560. The molecule has 0 saturated carbocycles. The summed E-state index contributed by atoms with van der Waals surface area (Å²) in [7, 11) is 0. The van der Waals surface area contributed by atoms with Crippen LogP contribution in [0.1, 0.15) is 26.2 Å². The third kappa shape index (κ3) is 3.83. The highest BCUT2D eigenvalue weighted by Crippen LogP contribution is 2.10. The van der Waals surface area contributed by atoms with Crippen molar-refractivity contribution in [1.29, 1.82) is 0 Å². The van der Waals surface area contributed by atoms with Crippen molar-refractivity contribution in [2.24, 2.45) is 0 Å². The standard InChI is InChI=1S/C12H22N2O/c1-3-12(4-2)14(8-9-15)10-11-6-5-7-13-11/h1,11-13,15H,4-10H2,2H3. The number of terminal acetylenes is 1. The van der Waals surface area contributed by atoms with Gasteiger partial charge < -0.3 is 10.4 Å². The Balaban J connectivity index is 2.44. The number of nitrogens with one attached hydrogen (secondary N) is 1. The lowest BCUT2D eigenvalue weighted by Gasteiger charge is -2.29. The molecule has 0 spiro atoms. The highest BCUT2D eigenvalue weighted by atomic mass is 16.3. The average molecular weight is 210 g/mol. The summed E-state index contributed by atoms with van der Waals surface area (Å²) in [6, 6.07) is 0.721. The second-order valence-corrected chi connectivity index (χ2v) is 4.10. The first kappa shape index (κ1) is 12.5. The van der Waals surface area contributed by atoms with Gasteiger partial charge in [0.1, 0.15) is 0 Å². The zero-order valence-corrected chi connectivity index (χ0v) is 9.58. The van der Waals surface area contributed by atoms with Gasteiger partial charge in [0.05, 0.1) is 12.6 Å². The van der Waals surface area contributed by atoms with Crippen LogP contribution >= 0.6 is 0 Å². The normalized spacial score (nSPS) is 22.9. The summed E-state index contributed by atoms with van der Waals surface area (Å²) in [6.07, 6.45) is 8.92. The lowest BCUT2D eigenvalue weighted by atomic mass is 10.1. The maximum absolute atomic E-state index is 9.02. The van der Waals surface area contributed by atoms with E-state index < -0.39 is 0 Å². The highest BCUT2D eigenvalue weighted by molar-refractivity contribution is 5.00. The Morgan fingerprint density at radius 2 is 2.47 bits per heavy atom. The minimum Gasteiger partial charge on any atom is -0.395 e. The number of aliphatic hydroxyl groups excluding tert-OH is 1. The van der Waals surface area contributed by atoms with Crippen molar-refractivity contribution in [1.82, 2.24) is 10.2 Å². The van der Waals surface area contributed by atoms with Crippen LogP contribution in [0.2, 0.25) is 0 Å². The van der Waals surface area contributed by atoms with Crippen LogP contribution in [0.5, 0.6) is 0 Å². The number of hydrogen-bond donors (Lipinski definition) is 2. The summed E-state index contributed by atoms with van der Waals surface area (Å²) >= 11 is 0. The predicted molar refractivity (Wildman–Crippen MR) is 62.6 cm³/mol. The predicted octanol–water partition coefficient (Wildman–Crippen LogP) is 0.444. The van der Waals surface area contributed by atoms with E-state index in [0.717, 1.165) is 19.5 Å². The van der Waals surface area contributed by atoms with Crippen LogP contribution in [0.15, 0.2) is 0 Å². The molecule has 0 amide bonds. The Bertz CT molecular complexity index is 206. The number of hydrogen-bond acceptors (Lipinski definition) is 3. The van der Waals surface area contributed by atoms with E-state index in [1.165, 1.54) is 12.8 Å². The molecule has 0 aromatic heterocycles. The maximum atomic E-state index is 9.02. The fraction of sp³-hybridized carbons (Fsp3) is 0.833. The van der Waals surface area contributed by atoms with Crippen LogP contribution in [0.25, 0.3) is 0 Å². The molecular weight excluding hydrogens is 188 g/mol. The summed E-state index contributed by atoms with van der Waals surface area (Å²) in [5, 5.41) is 12.5. The summed E-state index contributed by atoms with van der Waals surface area (Å²) in [5.41, 5.74) is 0. The first-order valence-corrected chi connectivity index (χ1v) is 5.86. The number of nitrogens with zero attached hydrogens (tertiary/aromatic N) is 1. The van der Waals surface area contributed by atoms with Gasteiger partial charge in [0.15, 0.2) is 0 Å². The molecule has 0 aromatic rings. The number of aliphatic hydroxyl groups is 1. The van der Waals surface area contributed by atoms with E-state index in [-0.39, 0.29) is 12.6 Å². The Kier molecular flexibility index (Phi) is 5.70. The van der Waals surface area contributed by atoms with Gasteiger partial charge in [0.2, 0.25) is 0 Å². The van der Waals surface area contributed by atoms with E-state index in [4.69, 9.17) is 11.5 Å². The molecule has 2 N–H and O–H groups in total. The Labute approximate surface area is 92.9 Å². The molecule has 2 unspecified atom stereocenters. The molecule has 0 bridgehead atoms. The van der Waals surface area contributed by atoms with Crippen molar-refractivity contribution in [3.05, 3.63) is 0 Å². The molecule has 3 nitrogen and oxygen atoms in total. The molecule has 1 saturated heterocycles. The lowest BCUT2D eigenvalue weighted by Crippen LogP contribution is -2.44. The largest absolute Gasteiger partial charge is 0.395 e. The zero-order valence-electron chi connectivity index (χ0n) is 9.58. The smallest absolute Gasteiger partial charge is 0.0710 e. The summed E-state index contributed by atoms with van der Waals surface area (Å²) in [6.45, 7) is 5.04.